The second-order valence-electron chi connectivity index (χ2n) is 12.3. The van der Waals surface area contributed by atoms with E-state index in [0.29, 0.717) is 19.5 Å². The molecule has 0 aliphatic heterocycles. The second-order valence-corrected chi connectivity index (χ2v) is 12.3. The number of rotatable bonds is 7. The van der Waals surface area contributed by atoms with Gasteiger partial charge in [-0.2, -0.15) is 0 Å². The van der Waals surface area contributed by atoms with Gasteiger partial charge in [0.2, 0.25) is 5.91 Å². The van der Waals surface area contributed by atoms with Gasteiger partial charge >= 0.3 is 0 Å². The molecule has 1 heterocycles. The number of nitrogens with two attached hydrogens (primary N) is 2. The first-order valence-corrected chi connectivity index (χ1v) is 12.0. The average molecular weight is 443 g/mol. The van der Waals surface area contributed by atoms with Crippen LogP contribution in [-0.4, -0.2) is 30.0 Å². The fraction of sp³-hybridized carbons (Fsp3) is 0.667. The third-order valence-corrected chi connectivity index (χ3v) is 6.13. The molecule has 0 bridgehead atoms. The highest BCUT2D eigenvalue weighted by molar-refractivity contribution is 5.91. The molecule has 2 aromatic rings. The highest BCUT2D eigenvalue weighted by Gasteiger charge is 2.30. The number of benzene rings is 1. The Morgan fingerprint density at radius 2 is 1.59 bits per heavy atom. The summed E-state index contributed by atoms with van der Waals surface area (Å²) in [5, 5.41) is 4.17. The fourth-order valence-corrected chi connectivity index (χ4v) is 4.15. The van der Waals surface area contributed by atoms with Gasteiger partial charge in [0, 0.05) is 28.6 Å². The number of hydrogen-bond acceptors (Lipinski definition) is 3. The number of amides is 1. The summed E-state index contributed by atoms with van der Waals surface area (Å²) in [6.45, 7) is 21.4. The topological polar surface area (TPSA) is 96.9 Å². The summed E-state index contributed by atoms with van der Waals surface area (Å²) in [6, 6.07) is 4.06. The van der Waals surface area contributed by atoms with Crippen molar-refractivity contribution in [2.45, 2.75) is 104 Å². The Kier molecular flexibility index (Phi) is 7.89. The molecule has 0 saturated carbocycles. The Bertz CT molecular complexity index is 936. The van der Waals surface area contributed by atoms with E-state index in [4.69, 9.17) is 11.5 Å². The summed E-state index contributed by atoms with van der Waals surface area (Å²) >= 11 is 0. The van der Waals surface area contributed by atoms with Crippen molar-refractivity contribution in [3.8, 4) is 0 Å². The van der Waals surface area contributed by atoms with E-state index in [0.717, 1.165) is 24.1 Å². The van der Waals surface area contributed by atoms with Crippen molar-refractivity contribution in [1.82, 2.24) is 10.3 Å². The minimum atomic E-state index is -0.593. The summed E-state index contributed by atoms with van der Waals surface area (Å²) < 4.78 is 0. The van der Waals surface area contributed by atoms with Crippen molar-refractivity contribution in [3.63, 3.8) is 0 Å². The molecule has 1 amide bonds. The lowest BCUT2D eigenvalue weighted by molar-refractivity contribution is -0.122. The predicted molar refractivity (Wildman–Crippen MR) is 137 cm³/mol. The Balaban J connectivity index is 2.61. The maximum atomic E-state index is 12.7. The van der Waals surface area contributed by atoms with Crippen LogP contribution < -0.4 is 16.8 Å². The van der Waals surface area contributed by atoms with Crippen molar-refractivity contribution in [3.05, 3.63) is 34.5 Å². The number of nitrogens with one attached hydrogen (secondary N) is 2. The quantitative estimate of drug-likeness (QED) is 0.464. The Morgan fingerprint density at radius 1 is 0.969 bits per heavy atom. The molecule has 0 unspecified atom stereocenters. The first kappa shape index (κ1) is 26.4. The molecule has 0 spiro atoms. The number of aromatic nitrogens is 1. The number of fused-ring (bicyclic) bond motifs is 1. The van der Waals surface area contributed by atoms with Crippen molar-refractivity contribution < 1.29 is 4.79 Å². The van der Waals surface area contributed by atoms with E-state index in [1.54, 1.807) is 0 Å². The molecule has 0 fully saturated rings. The lowest BCUT2D eigenvalue weighted by atomic mass is 9.79. The number of aromatic amines is 1. The van der Waals surface area contributed by atoms with Crippen LogP contribution in [0, 0.1) is 0 Å². The van der Waals surface area contributed by atoms with E-state index in [1.807, 2.05) is 0 Å². The van der Waals surface area contributed by atoms with Gasteiger partial charge in [-0.1, -0.05) is 68.4 Å². The summed E-state index contributed by atoms with van der Waals surface area (Å²) in [6.07, 6.45) is 2.28. The van der Waals surface area contributed by atoms with E-state index in [9.17, 15) is 4.79 Å². The van der Waals surface area contributed by atoms with Gasteiger partial charge in [0.05, 0.1) is 6.04 Å². The monoisotopic (exact) mass is 442 g/mol. The molecular formula is C27H46N4O. The molecule has 0 aliphatic rings. The van der Waals surface area contributed by atoms with Crippen LogP contribution in [0.2, 0.25) is 0 Å². The largest absolute Gasteiger partial charge is 0.357 e. The van der Waals surface area contributed by atoms with Gasteiger partial charge in [-0.15, -0.1) is 0 Å². The molecule has 2 rings (SSSR count). The summed E-state index contributed by atoms with van der Waals surface area (Å²) in [4.78, 5) is 16.5. The van der Waals surface area contributed by atoms with Crippen LogP contribution in [0.3, 0.4) is 0 Å². The van der Waals surface area contributed by atoms with Gasteiger partial charge in [0.1, 0.15) is 0 Å². The molecule has 1 aromatic carbocycles. The first-order chi connectivity index (χ1) is 14.6. The van der Waals surface area contributed by atoms with E-state index in [-0.39, 0.29) is 22.2 Å². The van der Waals surface area contributed by atoms with Crippen LogP contribution in [-0.2, 0) is 27.5 Å². The van der Waals surface area contributed by atoms with Crippen molar-refractivity contribution in [1.29, 1.82) is 0 Å². The van der Waals surface area contributed by atoms with E-state index in [1.165, 1.54) is 22.0 Å². The van der Waals surface area contributed by atoms with Crippen molar-refractivity contribution >= 4 is 16.8 Å². The lowest BCUT2D eigenvalue weighted by Gasteiger charge is -2.26. The summed E-state index contributed by atoms with van der Waals surface area (Å²) in [7, 11) is 0. The van der Waals surface area contributed by atoms with Crippen LogP contribution in [0.25, 0.3) is 10.9 Å². The molecule has 5 heteroatoms. The molecule has 180 valence electrons. The van der Waals surface area contributed by atoms with Crippen LogP contribution in [0.1, 0.15) is 97.5 Å². The first-order valence-electron chi connectivity index (χ1n) is 12.0. The summed E-state index contributed by atoms with van der Waals surface area (Å²) in [5.74, 6) is -0.0979. The zero-order chi connectivity index (χ0) is 24.5. The van der Waals surface area contributed by atoms with Crippen LogP contribution in [0.4, 0.5) is 0 Å². The standard InChI is InChI=1S/C27H46N4O/c1-25(2,3)17-14-18-19(16-21(29)24(32)30-13-11-10-12-28)23(27(7,8)9)31-22(18)20(15-17)26(4,5)6/h14-15,21,31H,10-13,16,28-29H2,1-9H3,(H,30,32)/t21-/m0/s1. The van der Waals surface area contributed by atoms with Gasteiger partial charge in [-0.3, -0.25) is 4.79 Å². The third kappa shape index (κ3) is 6.14. The van der Waals surface area contributed by atoms with Gasteiger partial charge in [-0.05, 0) is 59.4 Å². The van der Waals surface area contributed by atoms with Crippen molar-refractivity contribution in [2.24, 2.45) is 11.5 Å². The maximum Gasteiger partial charge on any atom is 0.237 e. The van der Waals surface area contributed by atoms with Crippen LogP contribution in [0.15, 0.2) is 12.1 Å². The predicted octanol–water partition coefficient (Wildman–Crippen LogP) is 4.79. The molecule has 6 N–H and O–H groups in total. The van der Waals surface area contributed by atoms with E-state index >= 15 is 0 Å². The third-order valence-electron chi connectivity index (χ3n) is 6.13. The number of hydrogen-bond donors (Lipinski definition) is 4. The number of carbonyl (C=O) groups is 1. The highest BCUT2D eigenvalue weighted by Crippen LogP contribution is 2.40. The van der Waals surface area contributed by atoms with Crippen molar-refractivity contribution in [2.75, 3.05) is 13.1 Å². The van der Waals surface area contributed by atoms with E-state index < -0.39 is 6.04 Å². The number of carbonyl (C=O) groups excluding carboxylic acids is 1. The van der Waals surface area contributed by atoms with Gasteiger partial charge in [0.25, 0.3) is 0 Å². The summed E-state index contributed by atoms with van der Waals surface area (Å²) in [5.41, 5.74) is 18.0. The average Bonchev–Trinajstić information content (AvgIpc) is 3.01. The molecular weight excluding hydrogens is 396 g/mol. The fourth-order valence-electron chi connectivity index (χ4n) is 4.15. The Morgan fingerprint density at radius 3 is 2.09 bits per heavy atom. The minimum absolute atomic E-state index is 0.0146. The molecule has 5 nitrogen and oxygen atoms in total. The smallest absolute Gasteiger partial charge is 0.237 e. The Hall–Kier alpha value is -1.85. The van der Waals surface area contributed by atoms with Gasteiger partial charge in [0.15, 0.2) is 0 Å². The number of H-pyrrole nitrogens is 1. The molecule has 0 saturated heterocycles. The molecule has 1 atom stereocenters. The second kappa shape index (κ2) is 9.56. The van der Waals surface area contributed by atoms with Gasteiger partial charge < -0.3 is 21.8 Å². The van der Waals surface area contributed by atoms with Crippen LogP contribution >= 0.6 is 0 Å². The zero-order valence-corrected chi connectivity index (χ0v) is 21.8. The molecule has 0 aliphatic carbocycles. The van der Waals surface area contributed by atoms with Crippen LogP contribution in [0.5, 0.6) is 0 Å². The number of unbranched alkanes of at least 4 members (excludes halogenated alkanes) is 1. The normalized spacial score (nSPS) is 14.1. The lowest BCUT2D eigenvalue weighted by Crippen LogP contribution is -2.42. The highest BCUT2D eigenvalue weighted by atomic mass is 16.2. The SMILES string of the molecule is CC(C)(C)c1cc(C(C)(C)C)c2[nH]c(C(C)(C)C)c(C[C@H](N)C(=O)NCCCCN)c2c1. The molecule has 0 radical (unpaired) electrons. The molecule has 32 heavy (non-hydrogen) atoms. The van der Waals surface area contributed by atoms with Gasteiger partial charge in [-0.25, -0.2) is 0 Å². The minimum Gasteiger partial charge on any atom is -0.357 e. The zero-order valence-electron chi connectivity index (χ0n) is 21.8. The van der Waals surface area contributed by atoms with E-state index in [2.05, 4.69) is 84.7 Å². The Labute approximate surface area is 195 Å². The maximum absolute atomic E-state index is 12.7. The molecule has 1 aromatic heterocycles.